The summed E-state index contributed by atoms with van der Waals surface area (Å²) < 4.78 is 5.60. The Bertz CT molecular complexity index is 777. The molecule has 1 heterocycles. The number of anilines is 1. The van der Waals surface area contributed by atoms with Crippen molar-refractivity contribution >= 4 is 11.6 Å². The predicted octanol–water partition coefficient (Wildman–Crippen LogP) is 2.55. The smallest absolute Gasteiger partial charge is 0.240 e. The summed E-state index contributed by atoms with van der Waals surface area (Å²) in [5.74, 6) is 0.871. The molecule has 1 aliphatic rings. The van der Waals surface area contributed by atoms with E-state index in [-0.39, 0.29) is 12.5 Å². The van der Waals surface area contributed by atoms with Gasteiger partial charge in [0.25, 0.3) is 0 Å². The Morgan fingerprint density at radius 1 is 1.24 bits per heavy atom. The number of benzene rings is 1. The van der Waals surface area contributed by atoms with Crippen molar-refractivity contribution in [1.29, 1.82) is 5.26 Å². The van der Waals surface area contributed by atoms with E-state index in [9.17, 15) is 4.79 Å². The number of nitrogens with one attached hydrogen (secondary N) is 2. The fourth-order valence-corrected chi connectivity index (χ4v) is 2.49. The molecule has 2 N–H and O–H groups in total. The highest BCUT2D eigenvalue weighted by Crippen LogP contribution is 2.30. The second kappa shape index (κ2) is 7.18. The van der Waals surface area contributed by atoms with E-state index in [1.165, 1.54) is 0 Å². The van der Waals surface area contributed by atoms with Crippen molar-refractivity contribution in [3.8, 4) is 17.7 Å². The lowest BCUT2D eigenvalue weighted by atomic mass is 9.78. The van der Waals surface area contributed by atoms with Crippen LogP contribution in [0.2, 0.25) is 0 Å². The van der Waals surface area contributed by atoms with Gasteiger partial charge >= 0.3 is 0 Å². The molecule has 0 aliphatic heterocycles. The number of hydrogen-bond acceptors (Lipinski definition) is 6. The molecule has 1 aliphatic carbocycles. The summed E-state index contributed by atoms with van der Waals surface area (Å²) in [4.78, 5) is 12.0. The Hall–Kier alpha value is -3.14. The first kappa shape index (κ1) is 16.7. The standard InChI is InChI=1S/C18H19N5O2/c1-13-3-8-17(23-22-13)25-15-6-4-14(5-7-15)20-11-16(24)21-18(12-19)9-2-10-18/h3-8,20H,2,9-11H2,1H3,(H,21,24). The fraction of sp³-hybridized carbons (Fsp3) is 0.333. The van der Waals surface area contributed by atoms with Gasteiger partial charge in [0.05, 0.1) is 18.3 Å². The number of hydrogen-bond donors (Lipinski definition) is 2. The largest absolute Gasteiger partial charge is 0.438 e. The maximum Gasteiger partial charge on any atom is 0.240 e. The predicted molar refractivity (Wildman–Crippen MR) is 92.1 cm³/mol. The minimum atomic E-state index is -0.661. The first-order valence-electron chi connectivity index (χ1n) is 8.13. The number of aryl methyl sites for hydroxylation is 1. The number of ether oxygens (including phenoxy) is 1. The Morgan fingerprint density at radius 3 is 2.56 bits per heavy atom. The van der Waals surface area contributed by atoms with Crippen LogP contribution in [-0.4, -0.2) is 28.2 Å². The molecule has 0 saturated heterocycles. The van der Waals surface area contributed by atoms with E-state index < -0.39 is 5.54 Å². The molecule has 0 atom stereocenters. The summed E-state index contributed by atoms with van der Waals surface area (Å²) >= 11 is 0. The minimum Gasteiger partial charge on any atom is -0.438 e. The minimum absolute atomic E-state index is 0.118. The number of nitriles is 1. The molecule has 0 radical (unpaired) electrons. The van der Waals surface area contributed by atoms with Crippen molar-refractivity contribution in [3.05, 3.63) is 42.1 Å². The fourth-order valence-electron chi connectivity index (χ4n) is 2.49. The van der Waals surface area contributed by atoms with E-state index in [2.05, 4.69) is 26.9 Å². The number of rotatable bonds is 6. The molecule has 0 unspecified atom stereocenters. The van der Waals surface area contributed by atoms with Crippen molar-refractivity contribution in [1.82, 2.24) is 15.5 Å². The Balaban J connectivity index is 1.50. The van der Waals surface area contributed by atoms with Crippen LogP contribution < -0.4 is 15.4 Å². The lowest BCUT2D eigenvalue weighted by Crippen LogP contribution is -2.53. The monoisotopic (exact) mass is 337 g/mol. The average molecular weight is 337 g/mol. The highest BCUT2D eigenvalue weighted by atomic mass is 16.5. The van der Waals surface area contributed by atoms with Gasteiger partial charge in [0, 0.05) is 11.8 Å². The second-order valence-electron chi connectivity index (χ2n) is 6.09. The van der Waals surface area contributed by atoms with Crippen LogP contribution >= 0.6 is 0 Å². The van der Waals surface area contributed by atoms with Crippen molar-refractivity contribution < 1.29 is 9.53 Å². The zero-order chi connectivity index (χ0) is 17.7. The van der Waals surface area contributed by atoms with Crippen LogP contribution in [0.4, 0.5) is 5.69 Å². The summed E-state index contributed by atoms with van der Waals surface area (Å²) in [5.41, 5.74) is 0.952. The molecule has 1 amide bonds. The number of carbonyl (C=O) groups excluding carboxylic acids is 1. The Labute approximate surface area is 146 Å². The van der Waals surface area contributed by atoms with E-state index in [1.807, 2.05) is 25.1 Å². The molecule has 128 valence electrons. The molecular weight excluding hydrogens is 318 g/mol. The molecule has 7 heteroatoms. The van der Waals surface area contributed by atoms with Crippen LogP contribution in [0, 0.1) is 18.3 Å². The molecule has 7 nitrogen and oxygen atoms in total. The number of amides is 1. The van der Waals surface area contributed by atoms with Crippen LogP contribution in [0.15, 0.2) is 36.4 Å². The van der Waals surface area contributed by atoms with Crippen LogP contribution in [0.25, 0.3) is 0 Å². The molecule has 1 saturated carbocycles. The first-order valence-corrected chi connectivity index (χ1v) is 8.13. The first-order chi connectivity index (χ1) is 12.1. The number of nitrogens with zero attached hydrogens (tertiary/aromatic N) is 3. The van der Waals surface area contributed by atoms with Gasteiger partial charge in [-0.05, 0) is 56.5 Å². The third-order valence-corrected chi connectivity index (χ3v) is 4.10. The molecule has 0 bridgehead atoms. The van der Waals surface area contributed by atoms with Crippen molar-refractivity contribution in [2.75, 3.05) is 11.9 Å². The molecule has 1 fully saturated rings. The lowest BCUT2D eigenvalue weighted by Gasteiger charge is -2.35. The van der Waals surface area contributed by atoms with Crippen LogP contribution in [0.1, 0.15) is 25.0 Å². The van der Waals surface area contributed by atoms with Crippen LogP contribution in [0.3, 0.4) is 0 Å². The van der Waals surface area contributed by atoms with Gasteiger partial charge in [-0.1, -0.05) is 0 Å². The average Bonchev–Trinajstić information content (AvgIpc) is 2.59. The van der Waals surface area contributed by atoms with Gasteiger partial charge in [-0.15, -0.1) is 5.10 Å². The van der Waals surface area contributed by atoms with E-state index in [1.54, 1.807) is 18.2 Å². The molecule has 25 heavy (non-hydrogen) atoms. The van der Waals surface area contributed by atoms with Gasteiger partial charge in [0.2, 0.25) is 11.8 Å². The van der Waals surface area contributed by atoms with Gasteiger partial charge in [-0.25, -0.2) is 0 Å². The summed E-state index contributed by atoms with van der Waals surface area (Å²) in [6.45, 7) is 1.98. The molecular formula is C18H19N5O2. The van der Waals surface area contributed by atoms with Gasteiger partial charge < -0.3 is 15.4 Å². The van der Waals surface area contributed by atoms with Crippen LogP contribution in [-0.2, 0) is 4.79 Å². The zero-order valence-corrected chi connectivity index (χ0v) is 14.0. The van der Waals surface area contributed by atoms with Crippen LogP contribution in [0.5, 0.6) is 11.6 Å². The van der Waals surface area contributed by atoms with Crippen molar-refractivity contribution in [2.24, 2.45) is 0 Å². The van der Waals surface area contributed by atoms with Crippen molar-refractivity contribution in [2.45, 2.75) is 31.7 Å². The Kier molecular flexibility index (Phi) is 4.80. The molecule has 0 spiro atoms. The molecule has 1 aromatic heterocycles. The second-order valence-corrected chi connectivity index (χ2v) is 6.09. The summed E-state index contributed by atoms with van der Waals surface area (Å²) in [5, 5.41) is 22.8. The van der Waals surface area contributed by atoms with E-state index >= 15 is 0 Å². The number of carbonyl (C=O) groups is 1. The normalized spacial score (nSPS) is 14.7. The highest BCUT2D eigenvalue weighted by Gasteiger charge is 2.38. The topological polar surface area (TPSA) is 99.9 Å². The molecule has 2 aromatic rings. The lowest BCUT2D eigenvalue weighted by molar-refractivity contribution is -0.121. The zero-order valence-electron chi connectivity index (χ0n) is 14.0. The van der Waals surface area contributed by atoms with Gasteiger partial charge in [-0.3, -0.25) is 4.79 Å². The maximum absolute atomic E-state index is 12.0. The summed E-state index contributed by atoms with van der Waals surface area (Å²) in [7, 11) is 0. The summed E-state index contributed by atoms with van der Waals surface area (Å²) in [6, 6.07) is 13.0. The maximum atomic E-state index is 12.0. The van der Waals surface area contributed by atoms with Gasteiger partial charge in [0.1, 0.15) is 11.3 Å². The van der Waals surface area contributed by atoms with E-state index in [0.717, 1.165) is 30.6 Å². The third kappa shape index (κ3) is 4.23. The van der Waals surface area contributed by atoms with E-state index in [4.69, 9.17) is 10.00 Å². The van der Waals surface area contributed by atoms with E-state index in [0.29, 0.717) is 11.6 Å². The molecule has 1 aromatic carbocycles. The Morgan fingerprint density at radius 2 is 2.00 bits per heavy atom. The van der Waals surface area contributed by atoms with Gasteiger partial charge in [0.15, 0.2) is 0 Å². The number of aromatic nitrogens is 2. The van der Waals surface area contributed by atoms with Crippen molar-refractivity contribution in [3.63, 3.8) is 0 Å². The highest BCUT2D eigenvalue weighted by molar-refractivity contribution is 5.82. The SMILES string of the molecule is Cc1ccc(Oc2ccc(NCC(=O)NC3(C#N)CCC3)cc2)nn1. The van der Waals surface area contributed by atoms with Gasteiger partial charge in [-0.2, -0.15) is 10.4 Å². The quantitative estimate of drug-likeness (QED) is 0.840. The third-order valence-electron chi connectivity index (χ3n) is 4.10. The molecule has 3 rings (SSSR count). The summed E-state index contributed by atoms with van der Waals surface area (Å²) in [6.07, 6.45) is 2.43.